The van der Waals surface area contributed by atoms with Crippen LogP contribution >= 0.6 is 15.9 Å². The summed E-state index contributed by atoms with van der Waals surface area (Å²) in [5.74, 6) is -0.433. The van der Waals surface area contributed by atoms with E-state index in [1.807, 2.05) is 6.92 Å². The summed E-state index contributed by atoms with van der Waals surface area (Å²) in [5, 5.41) is 4.21. The Morgan fingerprint density at radius 2 is 2.24 bits per heavy atom. The van der Waals surface area contributed by atoms with E-state index in [0.717, 1.165) is 24.1 Å². The second kappa shape index (κ2) is 5.26. The first-order valence-electron chi connectivity index (χ1n) is 6.78. The Hall–Kier alpha value is -1.69. The van der Waals surface area contributed by atoms with Gasteiger partial charge in [-0.15, -0.1) is 0 Å². The van der Waals surface area contributed by atoms with Crippen molar-refractivity contribution >= 4 is 27.5 Å². The van der Waals surface area contributed by atoms with Crippen molar-refractivity contribution in [3.8, 4) is 0 Å². The third-order valence-corrected chi connectivity index (χ3v) is 4.36. The van der Waals surface area contributed by atoms with E-state index in [2.05, 4.69) is 21.0 Å². The summed E-state index contributed by atoms with van der Waals surface area (Å²) in [7, 11) is 1.77. The molecule has 1 aliphatic heterocycles. The highest BCUT2D eigenvalue weighted by Crippen LogP contribution is 2.33. The molecular formula is C15H15BrFN3O. The van der Waals surface area contributed by atoms with Gasteiger partial charge in [-0.1, -0.05) is 0 Å². The second-order valence-electron chi connectivity index (χ2n) is 5.34. The van der Waals surface area contributed by atoms with Crippen LogP contribution in [0.15, 0.2) is 28.9 Å². The highest BCUT2D eigenvalue weighted by Gasteiger charge is 2.31. The smallest absolute Gasteiger partial charge is 0.280 e. The quantitative estimate of drug-likeness (QED) is 0.790. The average molecular weight is 352 g/mol. The zero-order valence-corrected chi connectivity index (χ0v) is 13.4. The number of benzene rings is 1. The first-order chi connectivity index (χ1) is 9.97. The Morgan fingerprint density at radius 1 is 1.48 bits per heavy atom. The van der Waals surface area contributed by atoms with Crippen LogP contribution in [0.3, 0.4) is 0 Å². The minimum absolute atomic E-state index is 0.0596. The van der Waals surface area contributed by atoms with E-state index in [0.29, 0.717) is 10.2 Å². The zero-order valence-electron chi connectivity index (χ0n) is 11.8. The second-order valence-corrected chi connectivity index (χ2v) is 6.19. The molecule has 1 aromatic carbocycles. The maximum atomic E-state index is 13.4. The van der Waals surface area contributed by atoms with Crippen molar-refractivity contribution < 1.29 is 9.18 Å². The lowest BCUT2D eigenvalue weighted by Gasteiger charge is -2.35. The Balaban J connectivity index is 2.05. The van der Waals surface area contributed by atoms with Crippen molar-refractivity contribution in [3.63, 3.8) is 0 Å². The summed E-state index contributed by atoms with van der Waals surface area (Å²) in [4.78, 5) is 14.5. The number of rotatable bonds is 1. The summed E-state index contributed by atoms with van der Waals surface area (Å²) in [6.45, 7) is 2.00. The lowest BCUT2D eigenvalue weighted by molar-refractivity contribution is 0.0969. The average Bonchev–Trinajstić information content (AvgIpc) is 2.77. The van der Waals surface area contributed by atoms with Gasteiger partial charge in [0, 0.05) is 25.0 Å². The Bertz CT molecular complexity index is 713. The number of halogens is 2. The van der Waals surface area contributed by atoms with E-state index in [1.54, 1.807) is 28.9 Å². The van der Waals surface area contributed by atoms with Crippen molar-refractivity contribution in [1.82, 2.24) is 9.78 Å². The van der Waals surface area contributed by atoms with Gasteiger partial charge < -0.3 is 4.90 Å². The lowest BCUT2D eigenvalue weighted by Crippen LogP contribution is -2.42. The Kier molecular flexibility index (Phi) is 3.57. The van der Waals surface area contributed by atoms with Gasteiger partial charge in [0.1, 0.15) is 5.82 Å². The predicted octanol–water partition coefficient (Wildman–Crippen LogP) is 3.30. The zero-order chi connectivity index (χ0) is 15.1. The van der Waals surface area contributed by atoms with Crippen LogP contribution in [0.5, 0.6) is 0 Å². The largest absolute Gasteiger partial charge is 0.304 e. The topological polar surface area (TPSA) is 38.1 Å². The van der Waals surface area contributed by atoms with Crippen molar-refractivity contribution in [2.75, 3.05) is 4.90 Å². The van der Waals surface area contributed by atoms with Crippen molar-refractivity contribution in [1.29, 1.82) is 0 Å². The molecular weight excluding hydrogens is 337 g/mol. The number of hydrogen-bond acceptors (Lipinski definition) is 2. The van der Waals surface area contributed by atoms with Gasteiger partial charge in [-0.2, -0.15) is 5.10 Å². The van der Waals surface area contributed by atoms with E-state index in [4.69, 9.17) is 0 Å². The summed E-state index contributed by atoms with van der Waals surface area (Å²) < 4.78 is 15.6. The number of carbonyl (C=O) groups excluding carboxylic acids is 1. The first kappa shape index (κ1) is 14.3. The third-order valence-electron chi connectivity index (χ3n) is 3.78. The van der Waals surface area contributed by atoms with Crippen LogP contribution in [0.4, 0.5) is 10.1 Å². The van der Waals surface area contributed by atoms with E-state index in [1.165, 1.54) is 12.1 Å². The minimum Gasteiger partial charge on any atom is -0.304 e. The molecule has 0 saturated heterocycles. The molecule has 0 radical (unpaired) electrons. The van der Waals surface area contributed by atoms with Crippen molar-refractivity contribution in [2.24, 2.45) is 7.05 Å². The number of aryl methyl sites for hydroxylation is 2. The molecule has 0 spiro atoms. The van der Waals surface area contributed by atoms with Gasteiger partial charge in [0.2, 0.25) is 0 Å². The molecule has 0 saturated carbocycles. The van der Waals surface area contributed by atoms with Crippen LogP contribution in [-0.4, -0.2) is 21.7 Å². The Morgan fingerprint density at radius 3 is 2.90 bits per heavy atom. The number of hydrogen-bond donors (Lipinski definition) is 0. The standard InChI is InChI=1S/C15H15BrFN3O/c1-9-3-4-10-7-11(17)5-6-13(10)20(9)15(21)14-12(16)8-19(2)18-14/h5-9H,3-4H2,1-2H3. The monoisotopic (exact) mass is 351 g/mol. The number of anilines is 1. The summed E-state index contributed by atoms with van der Waals surface area (Å²) in [6.07, 6.45) is 3.33. The van der Waals surface area contributed by atoms with Gasteiger partial charge >= 0.3 is 0 Å². The molecule has 0 fully saturated rings. The lowest BCUT2D eigenvalue weighted by atomic mass is 9.96. The summed E-state index contributed by atoms with van der Waals surface area (Å²) >= 11 is 3.37. The molecule has 2 heterocycles. The first-order valence-corrected chi connectivity index (χ1v) is 7.58. The fraction of sp³-hybridized carbons (Fsp3) is 0.333. The number of carbonyl (C=O) groups is 1. The molecule has 4 nitrogen and oxygen atoms in total. The SMILES string of the molecule is CC1CCc2cc(F)ccc2N1C(=O)c1nn(C)cc1Br. The maximum Gasteiger partial charge on any atom is 0.280 e. The number of aromatic nitrogens is 2. The van der Waals surface area contributed by atoms with Gasteiger partial charge in [0.15, 0.2) is 5.69 Å². The van der Waals surface area contributed by atoms with Crippen LogP contribution in [0.1, 0.15) is 29.4 Å². The highest BCUT2D eigenvalue weighted by molar-refractivity contribution is 9.10. The van der Waals surface area contributed by atoms with Gasteiger partial charge in [-0.05, 0) is 59.5 Å². The molecule has 3 rings (SSSR count). The van der Waals surface area contributed by atoms with Gasteiger partial charge in [-0.25, -0.2) is 4.39 Å². The predicted molar refractivity (Wildman–Crippen MR) is 81.9 cm³/mol. The molecule has 110 valence electrons. The summed E-state index contributed by atoms with van der Waals surface area (Å²) in [5.41, 5.74) is 2.02. The molecule has 1 amide bonds. The number of fused-ring (bicyclic) bond motifs is 1. The molecule has 1 unspecified atom stereocenters. The van der Waals surface area contributed by atoms with E-state index < -0.39 is 0 Å². The molecule has 2 aromatic rings. The maximum absolute atomic E-state index is 13.4. The third kappa shape index (κ3) is 2.48. The molecule has 0 N–H and O–H groups in total. The van der Waals surface area contributed by atoms with Crippen LogP contribution in [-0.2, 0) is 13.5 Å². The fourth-order valence-electron chi connectivity index (χ4n) is 2.75. The Labute approximate surface area is 130 Å². The fourth-order valence-corrected chi connectivity index (χ4v) is 3.29. The van der Waals surface area contributed by atoms with Crippen LogP contribution in [0.25, 0.3) is 0 Å². The molecule has 0 aliphatic carbocycles. The molecule has 0 bridgehead atoms. The molecule has 1 atom stereocenters. The van der Waals surface area contributed by atoms with Gasteiger partial charge in [-0.3, -0.25) is 9.48 Å². The van der Waals surface area contributed by atoms with Gasteiger partial charge in [0.05, 0.1) is 4.47 Å². The van der Waals surface area contributed by atoms with Crippen LogP contribution < -0.4 is 4.90 Å². The normalized spacial score (nSPS) is 17.7. The van der Waals surface area contributed by atoms with Crippen molar-refractivity contribution in [3.05, 3.63) is 45.9 Å². The molecule has 1 aliphatic rings. The van der Waals surface area contributed by atoms with Crippen molar-refractivity contribution in [2.45, 2.75) is 25.8 Å². The highest BCUT2D eigenvalue weighted by atomic mass is 79.9. The van der Waals surface area contributed by atoms with E-state index in [9.17, 15) is 9.18 Å². The molecule has 21 heavy (non-hydrogen) atoms. The van der Waals surface area contributed by atoms with E-state index >= 15 is 0 Å². The van der Waals surface area contributed by atoms with E-state index in [-0.39, 0.29) is 17.8 Å². The number of nitrogens with zero attached hydrogens (tertiary/aromatic N) is 3. The molecule has 6 heteroatoms. The van der Waals surface area contributed by atoms with Crippen LogP contribution in [0.2, 0.25) is 0 Å². The summed E-state index contributed by atoms with van der Waals surface area (Å²) in [6, 6.07) is 4.64. The van der Waals surface area contributed by atoms with Crippen LogP contribution in [0, 0.1) is 5.82 Å². The molecule has 1 aromatic heterocycles. The minimum atomic E-state index is -0.269. The number of amides is 1. The van der Waals surface area contributed by atoms with Gasteiger partial charge in [0.25, 0.3) is 5.91 Å².